The van der Waals surface area contributed by atoms with Crippen LogP contribution in [0.2, 0.25) is 0 Å². The number of Topliss-reactive ketones (excluding diaryl/α,β-unsaturated/α-hetero) is 1. The van der Waals surface area contributed by atoms with E-state index in [1.807, 2.05) is 6.08 Å². The lowest BCUT2D eigenvalue weighted by molar-refractivity contribution is -0.167. The number of likely N-dealkylation sites (N-methyl/N-ethyl adjacent to an activating group) is 1. The Hall–Kier alpha value is -2.19. The Morgan fingerprint density at radius 3 is 2.26 bits per heavy atom. The molecule has 1 aliphatic heterocycles. The molecule has 7 aliphatic rings. The first kappa shape index (κ1) is 28.6. The molecule has 42 heavy (non-hydrogen) atoms. The summed E-state index contributed by atoms with van der Waals surface area (Å²) >= 11 is 0. The van der Waals surface area contributed by atoms with Crippen LogP contribution in [0.25, 0.3) is 0 Å². The molecule has 0 aromatic rings. The van der Waals surface area contributed by atoms with Crippen molar-refractivity contribution in [3.05, 3.63) is 35.6 Å². The van der Waals surface area contributed by atoms with Gasteiger partial charge in [0, 0.05) is 54.0 Å². The molecule has 5 fully saturated rings. The fourth-order valence-electron chi connectivity index (χ4n) is 11.9. The van der Waals surface area contributed by atoms with E-state index in [2.05, 4.69) is 63.6 Å². The topological polar surface area (TPSA) is 64.4 Å². The second-order valence-corrected chi connectivity index (χ2v) is 17.1. The fourth-order valence-corrected chi connectivity index (χ4v) is 11.9. The Morgan fingerprint density at radius 2 is 1.62 bits per heavy atom. The number of piperazine rings is 1. The van der Waals surface area contributed by atoms with E-state index < -0.39 is 5.41 Å². The van der Waals surface area contributed by atoms with E-state index in [1.54, 1.807) is 0 Å². The Balaban J connectivity index is 1.34. The first-order valence-electron chi connectivity index (χ1n) is 16.7. The third-order valence-electron chi connectivity index (χ3n) is 14.8. The monoisotopic (exact) mass is 569 g/mol. The third-order valence-corrected chi connectivity index (χ3v) is 14.8. The van der Waals surface area contributed by atoms with Crippen LogP contribution in [0.1, 0.15) is 92.4 Å². The summed E-state index contributed by atoms with van der Waals surface area (Å²) in [5, 5.41) is 10.0. The van der Waals surface area contributed by atoms with Crippen LogP contribution in [-0.2, 0) is 9.59 Å². The molecule has 6 aliphatic carbocycles. The lowest BCUT2D eigenvalue weighted by Crippen LogP contribution is -2.65. The van der Waals surface area contributed by atoms with Crippen LogP contribution >= 0.6 is 0 Å². The number of hydrogen-bond donors (Lipinski definition) is 0. The first-order chi connectivity index (χ1) is 19.7. The van der Waals surface area contributed by atoms with Gasteiger partial charge in [-0.25, -0.2) is 0 Å². The summed E-state index contributed by atoms with van der Waals surface area (Å²) in [6, 6.07) is 2.27. The van der Waals surface area contributed by atoms with Crippen molar-refractivity contribution in [1.29, 1.82) is 5.26 Å². The number of carbonyl (C=O) groups excluding carboxylic acids is 2. The van der Waals surface area contributed by atoms with E-state index in [9.17, 15) is 14.9 Å². The number of hydrogen-bond acceptors (Lipinski definition) is 5. The van der Waals surface area contributed by atoms with Crippen LogP contribution in [0.5, 0.6) is 0 Å². The predicted octanol–water partition coefficient (Wildman–Crippen LogP) is 6.72. The number of nitriles is 1. The minimum Gasteiger partial charge on any atom is -0.372 e. The maximum atomic E-state index is 14.8. The second kappa shape index (κ2) is 8.71. The summed E-state index contributed by atoms with van der Waals surface area (Å²) in [5.74, 6) is 0.821. The summed E-state index contributed by atoms with van der Waals surface area (Å²) < 4.78 is 0. The maximum absolute atomic E-state index is 14.8. The Bertz CT molecular complexity index is 1370. The van der Waals surface area contributed by atoms with E-state index in [4.69, 9.17) is 6.58 Å². The fraction of sp³-hybridized carbons (Fsp3) is 0.757. The van der Waals surface area contributed by atoms with Crippen molar-refractivity contribution in [3.63, 3.8) is 0 Å². The van der Waals surface area contributed by atoms with Gasteiger partial charge in [-0.2, -0.15) is 5.26 Å². The van der Waals surface area contributed by atoms with Crippen LogP contribution < -0.4 is 0 Å². The van der Waals surface area contributed by atoms with E-state index in [1.165, 1.54) is 17.7 Å². The summed E-state index contributed by atoms with van der Waals surface area (Å²) in [7, 11) is 2.21. The molecule has 7 atom stereocenters. The van der Waals surface area contributed by atoms with Gasteiger partial charge in [-0.15, -0.1) is 0 Å². The van der Waals surface area contributed by atoms with Gasteiger partial charge in [0.2, 0.25) is 0 Å². The molecule has 7 rings (SSSR count). The normalized spacial score (nSPS) is 45.5. The molecule has 0 N–H and O–H groups in total. The van der Waals surface area contributed by atoms with E-state index in [0.717, 1.165) is 77.5 Å². The van der Waals surface area contributed by atoms with Gasteiger partial charge in [-0.05, 0) is 99.0 Å². The highest BCUT2D eigenvalue weighted by atomic mass is 16.1. The molecule has 0 amide bonds. The van der Waals surface area contributed by atoms with Gasteiger partial charge in [0.15, 0.2) is 11.6 Å². The minimum absolute atomic E-state index is 0.0166. The molecular weight excluding hydrogens is 518 g/mol. The number of nitrogens with zero attached hydrogens (tertiary/aromatic N) is 3. The van der Waals surface area contributed by atoms with Crippen molar-refractivity contribution >= 4 is 11.6 Å². The molecule has 226 valence electrons. The van der Waals surface area contributed by atoms with Crippen LogP contribution in [0.15, 0.2) is 35.6 Å². The molecule has 0 aromatic carbocycles. The zero-order valence-corrected chi connectivity index (χ0v) is 26.9. The summed E-state index contributed by atoms with van der Waals surface area (Å²) in [6.07, 6.45) is 13.4. The standard InChI is InChI=1S/C37H51N3O2/c1-24(40-18-16-39(7)17-19-40)36-12-10-32(2,3)22-26(36)30-27(41)20-29-33(4)21-25(23-38)31(42)37(14-15-37)28(33)8-9-34(29,5)35(30,6)11-13-36/h20-21,26,28,30H,1,8-19,22H2,2-7H3/t26-,28+,30-,33-,34+,35+,36+/m0/s1. The zero-order valence-electron chi connectivity index (χ0n) is 26.9. The minimum atomic E-state index is -0.421. The Labute approximate surface area is 253 Å². The van der Waals surface area contributed by atoms with Gasteiger partial charge < -0.3 is 9.80 Å². The first-order valence-corrected chi connectivity index (χ1v) is 16.7. The van der Waals surface area contributed by atoms with Crippen molar-refractivity contribution in [2.45, 2.75) is 92.4 Å². The molecule has 1 saturated heterocycles. The van der Waals surface area contributed by atoms with Crippen molar-refractivity contribution in [2.75, 3.05) is 33.2 Å². The number of allylic oxidation sites excluding steroid dienone is 5. The smallest absolute Gasteiger partial charge is 0.179 e. The average Bonchev–Trinajstić information content (AvgIpc) is 3.73. The molecule has 5 nitrogen and oxygen atoms in total. The highest BCUT2D eigenvalue weighted by Gasteiger charge is 2.72. The summed E-state index contributed by atoms with van der Waals surface area (Å²) in [6.45, 7) is 21.0. The predicted molar refractivity (Wildman–Crippen MR) is 165 cm³/mol. The SMILES string of the molecule is C=C(N1CCN(C)CC1)[C@]12CCC(C)(C)C[C@H]1[C@H]1C(=O)C=C3[C@@]4(C)C=C(C#N)C(=O)C5(CC5)[C@@H]4CC[C@@]3(C)[C@]1(C)CC2. The van der Waals surface area contributed by atoms with Crippen molar-refractivity contribution < 1.29 is 9.59 Å². The van der Waals surface area contributed by atoms with E-state index in [-0.39, 0.29) is 50.6 Å². The van der Waals surface area contributed by atoms with Crippen LogP contribution in [0, 0.1) is 61.6 Å². The Morgan fingerprint density at radius 1 is 0.952 bits per heavy atom. The van der Waals surface area contributed by atoms with Gasteiger partial charge in [0.1, 0.15) is 6.07 Å². The molecule has 4 saturated carbocycles. The van der Waals surface area contributed by atoms with Gasteiger partial charge in [-0.1, -0.05) is 52.8 Å². The van der Waals surface area contributed by atoms with Crippen molar-refractivity contribution in [3.8, 4) is 6.07 Å². The highest BCUT2D eigenvalue weighted by molar-refractivity contribution is 6.06. The van der Waals surface area contributed by atoms with E-state index in [0.29, 0.717) is 11.4 Å². The molecule has 5 heteroatoms. The van der Waals surface area contributed by atoms with Crippen LogP contribution in [0.4, 0.5) is 0 Å². The zero-order chi connectivity index (χ0) is 30.1. The van der Waals surface area contributed by atoms with Gasteiger partial charge >= 0.3 is 0 Å². The molecular formula is C37H51N3O2. The third kappa shape index (κ3) is 3.45. The summed E-state index contributed by atoms with van der Waals surface area (Å²) in [4.78, 5) is 33.2. The largest absolute Gasteiger partial charge is 0.372 e. The number of fused-ring (bicyclic) bond motifs is 8. The lowest BCUT2D eigenvalue weighted by Gasteiger charge is -2.69. The Kier molecular flexibility index (Phi) is 5.93. The molecule has 0 radical (unpaired) electrons. The molecule has 0 unspecified atom stereocenters. The molecule has 1 heterocycles. The average molecular weight is 570 g/mol. The molecule has 0 aromatic heterocycles. The second-order valence-electron chi connectivity index (χ2n) is 17.1. The summed E-state index contributed by atoms with van der Waals surface area (Å²) in [5.41, 5.74) is 1.94. The number of carbonyl (C=O) groups is 2. The van der Waals surface area contributed by atoms with Gasteiger partial charge in [-0.3, -0.25) is 9.59 Å². The van der Waals surface area contributed by atoms with Gasteiger partial charge in [0.05, 0.1) is 5.57 Å². The van der Waals surface area contributed by atoms with Crippen molar-refractivity contribution in [2.24, 2.45) is 50.2 Å². The van der Waals surface area contributed by atoms with Crippen LogP contribution in [-0.4, -0.2) is 54.6 Å². The van der Waals surface area contributed by atoms with Crippen LogP contribution in [0.3, 0.4) is 0 Å². The quantitative estimate of drug-likeness (QED) is 0.369. The van der Waals surface area contributed by atoms with Crippen molar-refractivity contribution in [1.82, 2.24) is 9.80 Å². The lowest BCUT2D eigenvalue weighted by atomic mass is 9.34. The van der Waals surface area contributed by atoms with E-state index >= 15 is 0 Å². The maximum Gasteiger partial charge on any atom is 0.179 e. The number of ketones is 2. The molecule has 0 bridgehead atoms. The molecule has 1 spiro atoms. The number of rotatable bonds is 2. The highest BCUT2D eigenvalue weighted by Crippen LogP contribution is 2.77. The van der Waals surface area contributed by atoms with Gasteiger partial charge in [0.25, 0.3) is 0 Å².